The number of halogens is 3. The summed E-state index contributed by atoms with van der Waals surface area (Å²) in [5.74, 6) is -1.42. The highest BCUT2D eigenvalue weighted by Gasteiger charge is 2.30. The molecule has 0 aliphatic heterocycles. The van der Waals surface area contributed by atoms with Crippen molar-refractivity contribution in [1.82, 2.24) is 9.88 Å². The number of carbonyl (C=O) groups is 2. The molecule has 0 saturated carbocycles. The number of nitrogens with zero attached hydrogens (tertiary/aromatic N) is 1. The van der Waals surface area contributed by atoms with Crippen LogP contribution in [0.5, 0.6) is 0 Å². The summed E-state index contributed by atoms with van der Waals surface area (Å²) in [5, 5.41) is 23.4. The van der Waals surface area contributed by atoms with Crippen LogP contribution in [0.4, 0.5) is 13.2 Å². The normalized spacial score (nSPS) is 12.0. The Kier molecular flexibility index (Phi) is 7.86. The van der Waals surface area contributed by atoms with E-state index in [1.165, 1.54) is 24.3 Å². The van der Waals surface area contributed by atoms with Crippen LogP contribution in [0, 0.1) is 0 Å². The number of nitrogens with one attached hydrogen (secondary N) is 1. The van der Waals surface area contributed by atoms with Crippen LogP contribution in [0.2, 0.25) is 0 Å². The third-order valence-electron chi connectivity index (χ3n) is 7.30. The van der Waals surface area contributed by atoms with Crippen molar-refractivity contribution in [2.75, 3.05) is 0 Å². The highest BCUT2D eigenvalue weighted by atomic mass is 19.4. The minimum Gasteiger partial charge on any atom is -0.478 e. The van der Waals surface area contributed by atoms with Crippen LogP contribution in [0.1, 0.15) is 56.8 Å². The molecule has 0 unspecified atom stereocenters. The van der Waals surface area contributed by atoms with Gasteiger partial charge in [0, 0.05) is 24.7 Å². The van der Waals surface area contributed by atoms with E-state index >= 15 is 0 Å². The fraction of sp³-hybridized carbons (Fsp3) is 0.176. The number of benzene rings is 4. The van der Waals surface area contributed by atoms with E-state index in [0.717, 1.165) is 28.6 Å². The van der Waals surface area contributed by atoms with Crippen molar-refractivity contribution in [3.8, 4) is 11.1 Å². The number of amides is 1. The van der Waals surface area contributed by atoms with Gasteiger partial charge in [0.15, 0.2) is 0 Å². The predicted octanol–water partition coefficient (Wildman–Crippen LogP) is 7.23. The summed E-state index contributed by atoms with van der Waals surface area (Å²) in [6.07, 6.45) is -2.64. The fourth-order valence-corrected chi connectivity index (χ4v) is 4.94. The van der Waals surface area contributed by atoms with Crippen molar-refractivity contribution in [2.45, 2.75) is 38.7 Å². The van der Waals surface area contributed by atoms with Gasteiger partial charge < -0.3 is 20.1 Å². The first kappa shape index (κ1) is 29.6. The first-order chi connectivity index (χ1) is 20.3. The van der Waals surface area contributed by atoms with Gasteiger partial charge in [-0.1, -0.05) is 42.5 Å². The number of hydrogen-bond acceptors (Lipinski definition) is 3. The van der Waals surface area contributed by atoms with E-state index in [2.05, 4.69) is 5.32 Å². The molecule has 0 aliphatic rings. The van der Waals surface area contributed by atoms with Crippen LogP contribution in [-0.2, 0) is 24.9 Å². The highest BCUT2D eigenvalue weighted by molar-refractivity contribution is 6.08. The lowest BCUT2D eigenvalue weighted by Crippen LogP contribution is -2.23. The first-order valence-corrected chi connectivity index (χ1v) is 13.5. The summed E-state index contributed by atoms with van der Waals surface area (Å²) in [6, 6.07) is 24.1. The number of aromatic nitrogens is 1. The molecule has 0 saturated heterocycles. The Balaban J connectivity index is 1.53. The average molecular weight is 587 g/mol. The summed E-state index contributed by atoms with van der Waals surface area (Å²) in [5.41, 5.74) is 2.92. The number of alkyl halides is 3. The highest BCUT2D eigenvalue weighted by Crippen LogP contribution is 2.33. The van der Waals surface area contributed by atoms with Gasteiger partial charge in [-0.2, -0.15) is 13.2 Å². The smallest absolute Gasteiger partial charge is 0.416 e. The van der Waals surface area contributed by atoms with Crippen LogP contribution in [0.3, 0.4) is 0 Å². The van der Waals surface area contributed by atoms with Crippen LogP contribution >= 0.6 is 0 Å². The van der Waals surface area contributed by atoms with Crippen molar-refractivity contribution in [1.29, 1.82) is 0 Å². The molecular formula is C34H29F3N2O4. The van der Waals surface area contributed by atoms with Gasteiger partial charge in [-0.15, -0.1) is 0 Å². The zero-order valence-corrected chi connectivity index (χ0v) is 23.4. The zero-order chi connectivity index (χ0) is 30.9. The largest absolute Gasteiger partial charge is 0.478 e. The van der Waals surface area contributed by atoms with E-state index in [1.807, 2.05) is 41.0 Å². The monoisotopic (exact) mass is 586 g/mol. The summed E-state index contributed by atoms with van der Waals surface area (Å²) < 4.78 is 41.1. The van der Waals surface area contributed by atoms with E-state index in [0.29, 0.717) is 27.8 Å². The number of carboxylic acid groups (broad SMARTS) is 1. The number of aliphatic hydroxyl groups is 1. The van der Waals surface area contributed by atoms with E-state index in [-0.39, 0.29) is 24.6 Å². The van der Waals surface area contributed by atoms with E-state index in [4.69, 9.17) is 5.11 Å². The molecule has 1 heterocycles. The van der Waals surface area contributed by atoms with Gasteiger partial charge in [0.2, 0.25) is 0 Å². The number of aromatic carboxylic acids is 1. The molecule has 0 bridgehead atoms. The molecule has 0 spiro atoms. The molecule has 0 fully saturated rings. The van der Waals surface area contributed by atoms with Crippen LogP contribution in [0.15, 0.2) is 97.2 Å². The molecule has 4 aromatic carbocycles. The topological polar surface area (TPSA) is 91.6 Å². The quantitative estimate of drug-likeness (QED) is 0.179. The number of rotatable bonds is 8. The SMILES string of the molecule is CC(C)(O)c1cccc(-c2cc(C(=O)NCc3ccc(C(=O)O)cc3)c3c(ccn3Cc3ccc(C(F)(F)F)cc3)c2)c1. The molecular weight excluding hydrogens is 557 g/mol. The van der Waals surface area contributed by atoms with Gasteiger partial charge >= 0.3 is 12.1 Å². The maximum absolute atomic E-state index is 13.7. The van der Waals surface area contributed by atoms with Gasteiger partial charge in [-0.3, -0.25) is 4.79 Å². The maximum atomic E-state index is 13.7. The maximum Gasteiger partial charge on any atom is 0.416 e. The van der Waals surface area contributed by atoms with Crippen molar-refractivity contribution < 1.29 is 33.0 Å². The second-order valence-electron chi connectivity index (χ2n) is 10.9. The lowest BCUT2D eigenvalue weighted by Gasteiger charge is -2.19. The second-order valence-corrected chi connectivity index (χ2v) is 10.9. The predicted molar refractivity (Wildman–Crippen MR) is 158 cm³/mol. The van der Waals surface area contributed by atoms with Gasteiger partial charge in [0.25, 0.3) is 5.91 Å². The molecule has 1 amide bonds. The van der Waals surface area contributed by atoms with E-state index in [1.54, 1.807) is 38.2 Å². The van der Waals surface area contributed by atoms with Gasteiger partial charge in [0.1, 0.15) is 0 Å². The van der Waals surface area contributed by atoms with Crippen molar-refractivity contribution in [2.24, 2.45) is 0 Å². The average Bonchev–Trinajstić information content (AvgIpc) is 3.37. The van der Waals surface area contributed by atoms with Crippen LogP contribution in [-0.4, -0.2) is 26.7 Å². The van der Waals surface area contributed by atoms with Gasteiger partial charge in [0.05, 0.1) is 27.8 Å². The molecule has 43 heavy (non-hydrogen) atoms. The molecule has 5 aromatic rings. The van der Waals surface area contributed by atoms with E-state index in [9.17, 15) is 27.9 Å². The third kappa shape index (κ3) is 6.62. The van der Waals surface area contributed by atoms with E-state index < -0.39 is 23.3 Å². The summed E-state index contributed by atoms with van der Waals surface area (Å²) in [7, 11) is 0. The van der Waals surface area contributed by atoms with Crippen LogP contribution < -0.4 is 5.32 Å². The van der Waals surface area contributed by atoms with Crippen molar-refractivity contribution in [3.63, 3.8) is 0 Å². The van der Waals surface area contributed by atoms with Gasteiger partial charge in [-0.05, 0) is 90.2 Å². The standard InChI is InChI=1S/C34H29F3N2O4/c1-33(2,43)28-5-3-4-24(17-28)26-16-25-14-15-39(20-22-8-12-27(13-9-22)34(35,36)37)30(25)29(18-26)31(40)38-19-21-6-10-23(11-7-21)32(41)42/h3-18,43H,19-20H2,1-2H3,(H,38,40)(H,41,42). The van der Waals surface area contributed by atoms with Gasteiger partial charge in [-0.25, -0.2) is 4.79 Å². The molecule has 5 rings (SSSR count). The Bertz CT molecular complexity index is 1800. The Labute approximate surface area is 246 Å². The summed E-state index contributed by atoms with van der Waals surface area (Å²) in [6.45, 7) is 3.78. The van der Waals surface area contributed by atoms with Crippen molar-refractivity contribution in [3.05, 3.63) is 131 Å². The molecule has 3 N–H and O–H groups in total. The number of hydrogen-bond donors (Lipinski definition) is 3. The second kappa shape index (κ2) is 11.4. The number of carbonyl (C=O) groups excluding carboxylic acids is 1. The Hall–Kier alpha value is -4.89. The molecule has 0 radical (unpaired) electrons. The Morgan fingerprint density at radius 1 is 0.814 bits per heavy atom. The Morgan fingerprint density at radius 2 is 1.49 bits per heavy atom. The minimum absolute atomic E-state index is 0.138. The third-order valence-corrected chi connectivity index (χ3v) is 7.30. The summed E-state index contributed by atoms with van der Waals surface area (Å²) >= 11 is 0. The van der Waals surface area contributed by atoms with Crippen molar-refractivity contribution >= 4 is 22.8 Å². The molecule has 220 valence electrons. The summed E-state index contributed by atoms with van der Waals surface area (Å²) in [4.78, 5) is 24.9. The zero-order valence-electron chi connectivity index (χ0n) is 23.4. The first-order valence-electron chi connectivity index (χ1n) is 13.5. The van der Waals surface area contributed by atoms with Crippen LogP contribution in [0.25, 0.3) is 22.0 Å². The molecule has 0 atom stereocenters. The fourth-order valence-electron chi connectivity index (χ4n) is 4.94. The molecule has 6 nitrogen and oxygen atoms in total. The number of carboxylic acids is 1. The molecule has 1 aromatic heterocycles. The Morgan fingerprint density at radius 3 is 2.12 bits per heavy atom. The number of fused-ring (bicyclic) bond motifs is 1. The lowest BCUT2D eigenvalue weighted by molar-refractivity contribution is -0.137. The molecule has 0 aliphatic carbocycles. The minimum atomic E-state index is -4.43. The molecule has 9 heteroatoms. The lowest BCUT2D eigenvalue weighted by atomic mass is 9.93.